The van der Waals surface area contributed by atoms with Crippen molar-refractivity contribution in [3.05, 3.63) is 34.9 Å². The molecule has 0 rings (SSSR count). The Morgan fingerprint density at radius 1 is 1.15 bits per heavy atom. The van der Waals surface area contributed by atoms with Crippen molar-refractivity contribution in [2.45, 2.75) is 53.4 Å². The molecule has 0 atom stereocenters. The van der Waals surface area contributed by atoms with Gasteiger partial charge in [0.1, 0.15) is 0 Å². The van der Waals surface area contributed by atoms with Crippen LogP contribution in [-0.2, 0) is 4.79 Å². The highest BCUT2D eigenvalue weighted by Crippen LogP contribution is 2.12. The number of carboxylic acids is 1. The molecule has 20 heavy (non-hydrogen) atoms. The molecular weight excluding hydrogens is 250 g/mol. The fourth-order valence-corrected chi connectivity index (χ4v) is 1.63. The Morgan fingerprint density at radius 3 is 2.30 bits per heavy atom. The summed E-state index contributed by atoms with van der Waals surface area (Å²) < 4.78 is 0. The van der Waals surface area contributed by atoms with Gasteiger partial charge in [-0.25, -0.2) is 0 Å². The number of rotatable bonds is 8. The third kappa shape index (κ3) is 9.16. The first-order chi connectivity index (χ1) is 9.36. The summed E-state index contributed by atoms with van der Waals surface area (Å²) in [7, 11) is 0. The summed E-state index contributed by atoms with van der Waals surface area (Å²) in [5.74, 6) is -0.501. The molecule has 0 heterocycles. The number of nitrogens with zero attached hydrogens (tertiary/aromatic N) is 1. The Balaban J connectivity index is 4.29. The topological polar surface area (TPSA) is 61.1 Å². The lowest BCUT2D eigenvalue weighted by atomic mass is 10.0. The number of nitriles is 1. The van der Waals surface area contributed by atoms with Crippen LogP contribution in [0.2, 0.25) is 0 Å². The van der Waals surface area contributed by atoms with E-state index in [1.165, 1.54) is 5.57 Å². The van der Waals surface area contributed by atoms with Gasteiger partial charge in [0.25, 0.3) is 0 Å². The molecule has 0 saturated carbocycles. The van der Waals surface area contributed by atoms with Gasteiger partial charge in [0, 0.05) is 12.0 Å². The van der Waals surface area contributed by atoms with E-state index in [0.29, 0.717) is 6.42 Å². The van der Waals surface area contributed by atoms with Crippen molar-refractivity contribution in [3.8, 4) is 6.07 Å². The number of carbonyl (C=O) groups is 1. The highest BCUT2D eigenvalue weighted by molar-refractivity contribution is 5.66. The standard InChI is InChI=1S/C17H25NO2/c1-13(2)16(12-18)10-8-14(3)6-5-7-15(4)9-11-17(19)20/h7-8,10,13H,5-6,9,11H2,1-4H3,(H,19,20)/b14-8+,15-7+,16-10+. The molecular formula is C17H25NO2. The van der Waals surface area contributed by atoms with Crippen LogP contribution in [0.25, 0.3) is 0 Å². The van der Waals surface area contributed by atoms with Gasteiger partial charge in [-0.3, -0.25) is 4.79 Å². The van der Waals surface area contributed by atoms with Crippen LogP contribution in [0.15, 0.2) is 34.9 Å². The summed E-state index contributed by atoms with van der Waals surface area (Å²) in [6, 6.07) is 2.21. The van der Waals surface area contributed by atoms with E-state index in [2.05, 4.69) is 12.1 Å². The maximum Gasteiger partial charge on any atom is 0.303 e. The third-order valence-corrected chi connectivity index (χ3v) is 3.06. The van der Waals surface area contributed by atoms with Gasteiger partial charge in [0.2, 0.25) is 0 Å². The molecule has 0 radical (unpaired) electrons. The molecule has 0 amide bonds. The van der Waals surface area contributed by atoms with Crippen LogP contribution < -0.4 is 0 Å². The number of aliphatic carboxylic acids is 1. The van der Waals surface area contributed by atoms with E-state index in [0.717, 1.165) is 24.0 Å². The van der Waals surface area contributed by atoms with E-state index in [-0.39, 0.29) is 12.3 Å². The largest absolute Gasteiger partial charge is 0.481 e. The van der Waals surface area contributed by atoms with Gasteiger partial charge < -0.3 is 5.11 Å². The fourth-order valence-electron chi connectivity index (χ4n) is 1.63. The molecule has 1 N–H and O–H groups in total. The second kappa shape index (κ2) is 10.0. The van der Waals surface area contributed by atoms with Crippen molar-refractivity contribution in [1.29, 1.82) is 5.26 Å². The Bertz CT molecular complexity index is 448. The summed E-state index contributed by atoms with van der Waals surface area (Å²) in [4.78, 5) is 10.4. The quantitative estimate of drug-likeness (QED) is 0.399. The molecule has 0 aromatic rings. The van der Waals surface area contributed by atoms with E-state index in [1.54, 1.807) is 0 Å². The first kappa shape index (κ1) is 18.2. The van der Waals surface area contributed by atoms with Gasteiger partial charge in [0.15, 0.2) is 0 Å². The minimum atomic E-state index is -0.753. The SMILES string of the molecule is C/C(=C\C=C(/C#N)C(C)C)CC/C=C(\C)CCC(=O)O. The minimum Gasteiger partial charge on any atom is -0.481 e. The zero-order valence-corrected chi connectivity index (χ0v) is 12.9. The highest BCUT2D eigenvalue weighted by Gasteiger charge is 2.00. The van der Waals surface area contributed by atoms with Gasteiger partial charge in [-0.05, 0) is 45.1 Å². The Morgan fingerprint density at radius 2 is 1.80 bits per heavy atom. The lowest BCUT2D eigenvalue weighted by Gasteiger charge is -2.02. The van der Waals surface area contributed by atoms with E-state index < -0.39 is 5.97 Å². The second-order valence-electron chi connectivity index (χ2n) is 5.38. The van der Waals surface area contributed by atoms with Crippen LogP contribution in [0.3, 0.4) is 0 Å². The summed E-state index contributed by atoms with van der Waals surface area (Å²) in [5, 5.41) is 17.6. The molecule has 0 unspecified atom stereocenters. The first-order valence-corrected chi connectivity index (χ1v) is 7.01. The number of hydrogen-bond donors (Lipinski definition) is 1. The number of hydrogen-bond acceptors (Lipinski definition) is 2. The smallest absolute Gasteiger partial charge is 0.303 e. The van der Waals surface area contributed by atoms with Crippen LogP contribution >= 0.6 is 0 Å². The average molecular weight is 275 g/mol. The Kier molecular flexibility index (Phi) is 9.11. The van der Waals surface area contributed by atoms with Crippen LogP contribution in [-0.4, -0.2) is 11.1 Å². The zero-order chi connectivity index (χ0) is 15.5. The second-order valence-corrected chi connectivity index (χ2v) is 5.38. The monoisotopic (exact) mass is 275 g/mol. The molecule has 0 spiro atoms. The number of allylic oxidation sites excluding steroid dienone is 6. The normalized spacial score (nSPS) is 13.5. The molecule has 0 aromatic carbocycles. The summed E-state index contributed by atoms with van der Waals surface area (Å²) in [6.07, 6.45) is 8.63. The van der Waals surface area contributed by atoms with Gasteiger partial charge in [-0.1, -0.05) is 37.1 Å². The van der Waals surface area contributed by atoms with Gasteiger partial charge in [-0.15, -0.1) is 0 Å². The first-order valence-electron chi connectivity index (χ1n) is 7.01. The fraction of sp³-hybridized carbons (Fsp3) is 0.529. The Labute approximate surface area is 122 Å². The molecule has 0 aliphatic rings. The van der Waals surface area contributed by atoms with Crippen molar-refractivity contribution >= 4 is 5.97 Å². The molecule has 3 heteroatoms. The summed E-state index contributed by atoms with van der Waals surface area (Å²) >= 11 is 0. The van der Waals surface area contributed by atoms with Crippen LogP contribution in [0, 0.1) is 17.2 Å². The molecule has 0 fully saturated rings. The van der Waals surface area contributed by atoms with E-state index in [1.807, 2.05) is 39.8 Å². The summed E-state index contributed by atoms with van der Waals surface area (Å²) in [6.45, 7) is 8.03. The van der Waals surface area contributed by atoms with Crippen molar-refractivity contribution in [1.82, 2.24) is 0 Å². The third-order valence-electron chi connectivity index (χ3n) is 3.06. The van der Waals surface area contributed by atoms with E-state index in [9.17, 15) is 4.79 Å². The molecule has 3 nitrogen and oxygen atoms in total. The molecule has 0 aliphatic carbocycles. The van der Waals surface area contributed by atoms with Crippen LogP contribution in [0.5, 0.6) is 0 Å². The molecule has 0 aliphatic heterocycles. The molecule has 0 saturated heterocycles. The van der Waals surface area contributed by atoms with Gasteiger partial charge in [0.05, 0.1) is 6.07 Å². The summed E-state index contributed by atoms with van der Waals surface area (Å²) in [5.41, 5.74) is 3.13. The maximum atomic E-state index is 10.4. The van der Waals surface area contributed by atoms with Crippen LogP contribution in [0.4, 0.5) is 0 Å². The number of carboxylic acid groups (broad SMARTS) is 1. The Hall–Kier alpha value is -1.82. The lowest BCUT2D eigenvalue weighted by molar-refractivity contribution is -0.136. The average Bonchev–Trinajstić information content (AvgIpc) is 2.36. The van der Waals surface area contributed by atoms with Crippen molar-refractivity contribution < 1.29 is 9.90 Å². The van der Waals surface area contributed by atoms with Crippen molar-refractivity contribution in [2.75, 3.05) is 0 Å². The molecule has 110 valence electrons. The molecule has 0 bridgehead atoms. The molecule has 0 aromatic heterocycles. The van der Waals surface area contributed by atoms with Crippen molar-refractivity contribution in [3.63, 3.8) is 0 Å². The predicted octanol–water partition coefficient (Wildman–Crippen LogP) is 4.63. The zero-order valence-electron chi connectivity index (χ0n) is 12.9. The van der Waals surface area contributed by atoms with Crippen LogP contribution in [0.1, 0.15) is 53.4 Å². The van der Waals surface area contributed by atoms with Gasteiger partial charge in [-0.2, -0.15) is 5.26 Å². The predicted molar refractivity (Wildman–Crippen MR) is 82.2 cm³/mol. The van der Waals surface area contributed by atoms with Crippen molar-refractivity contribution in [2.24, 2.45) is 5.92 Å². The van der Waals surface area contributed by atoms with Gasteiger partial charge >= 0.3 is 5.97 Å². The highest BCUT2D eigenvalue weighted by atomic mass is 16.4. The maximum absolute atomic E-state index is 10.4. The lowest BCUT2D eigenvalue weighted by Crippen LogP contribution is -1.94. The minimum absolute atomic E-state index is 0.194. The van der Waals surface area contributed by atoms with E-state index >= 15 is 0 Å². The van der Waals surface area contributed by atoms with E-state index in [4.69, 9.17) is 10.4 Å².